The molecule has 4 bridgehead atoms. The summed E-state index contributed by atoms with van der Waals surface area (Å²) < 4.78 is 1.28. The van der Waals surface area contributed by atoms with E-state index in [1.165, 1.54) is 48.7 Å². The highest BCUT2D eigenvalue weighted by molar-refractivity contribution is 9.11. The molecule has 4 saturated carbocycles. The molecule has 0 aliphatic heterocycles. The normalized spacial score (nSPS) is 38.9. The lowest BCUT2D eigenvalue weighted by Crippen LogP contribution is -2.51. The van der Waals surface area contributed by atoms with Gasteiger partial charge in [-0.05, 0) is 103 Å². The zero-order valence-corrected chi connectivity index (χ0v) is 15.3. The van der Waals surface area contributed by atoms with Crippen LogP contribution in [0, 0.1) is 23.2 Å². The Morgan fingerprint density at radius 1 is 1.19 bits per heavy atom. The van der Waals surface area contributed by atoms with Gasteiger partial charge in [0.15, 0.2) is 0 Å². The molecule has 1 aromatic rings. The SMILES string of the molecule is CCCNC(c1ccc(Br)s1)C12CC3CC(CC(C3)C1)C2. The Labute approximate surface area is 141 Å². The first-order valence-corrected chi connectivity index (χ1v) is 10.3. The number of rotatable bonds is 5. The lowest BCUT2D eigenvalue weighted by Gasteiger charge is -2.59. The molecule has 4 aliphatic carbocycles. The van der Waals surface area contributed by atoms with Gasteiger partial charge in [-0.3, -0.25) is 0 Å². The first-order valence-electron chi connectivity index (χ1n) is 8.67. The molecule has 0 spiro atoms. The monoisotopic (exact) mass is 367 g/mol. The Bertz CT molecular complexity index is 474. The van der Waals surface area contributed by atoms with Gasteiger partial charge in [0, 0.05) is 10.9 Å². The van der Waals surface area contributed by atoms with Crippen molar-refractivity contribution in [2.24, 2.45) is 23.2 Å². The molecule has 4 fully saturated rings. The Morgan fingerprint density at radius 2 is 1.81 bits per heavy atom. The third kappa shape index (κ3) is 2.64. The summed E-state index contributed by atoms with van der Waals surface area (Å²) in [6, 6.07) is 5.20. The maximum atomic E-state index is 3.95. The molecular weight excluding hydrogens is 342 g/mol. The summed E-state index contributed by atoms with van der Waals surface area (Å²) in [5.41, 5.74) is 0.564. The van der Waals surface area contributed by atoms with E-state index in [4.69, 9.17) is 0 Å². The van der Waals surface area contributed by atoms with Crippen molar-refractivity contribution in [2.45, 2.75) is 57.9 Å². The van der Waals surface area contributed by atoms with E-state index in [0.29, 0.717) is 11.5 Å². The van der Waals surface area contributed by atoms with Gasteiger partial charge >= 0.3 is 0 Å². The first-order chi connectivity index (χ1) is 10.2. The molecule has 4 aliphatic rings. The van der Waals surface area contributed by atoms with Crippen molar-refractivity contribution in [1.82, 2.24) is 5.32 Å². The van der Waals surface area contributed by atoms with E-state index in [9.17, 15) is 0 Å². The van der Waals surface area contributed by atoms with Gasteiger partial charge in [-0.25, -0.2) is 0 Å². The Kier molecular flexibility index (Phi) is 3.96. The second-order valence-electron chi connectivity index (χ2n) is 7.81. The lowest BCUT2D eigenvalue weighted by atomic mass is 9.47. The molecule has 3 heteroatoms. The average molecular weight is 368 g/mol. The van der Waals surface area contributed by atoms with Crippen LogP contribution in [0.4, 0.5) is 0 Å². The molecule has 1 unspecified atom stereocenters. The summed E-state index contributed by atoms with van der Waals surface area (Å²) in [7, 11) is 0. The van der Waals surface area contributed by atoms with Crippen molar-refractivity contribution in [3.8, 4) is 0 Å². The maximum Gasteiger partial charge on any atom is 0.0701 e. The van der Waals surface area contributed by atoms with E-state index in [0.717, 1.165) is 24.3 Å². The van der Waals surface area contributed by atoms with Gasteiger partial charge in [-0.15, -0.1) is 11.3 Å². The maximum absolute atomic E-state index is 3.95. The molecule has 21 heavy (non-hydrogen) atoms. The Hall–Kier alpha value is 0.140. The molecular formula is C18H26BrNS. The molecule has 1 aromatic heterocycles. The standard InChI is InChI=1S/C18H26BrNS/c1-2-5-20-17(15-3-4-16(19)21-15)18-9-12-6-13(10-18)8-14(7-12)11-18/h3-4,12-14,17,20H,2,5-11H2,1H3. The van der Waals surface area contributed by atoms with Crippen molar-refractivity contribution in [1.29, 1.82) is 0 Å². The van der Waals surface area contributed by atoms with Crippen LogP contribution in [0.25, 0.3) is 0 Å². The summed E-state index contributed by atoms with van der Waals surface area (Å²) in [6.45, 7) is 3.44. The molecule has 1 nitrogen and oxygen atoms in total. The molecule has 5 rings (SSSR count). The summed E-state index contributed by atoms with van der Waals surface area (Å²) in [6.07, 6.45) is 10.3. The van der Waals surface area contributed by atoms with Gasteiger partial charge in [0.2, 0.25) is 0 Å². The molecule has 0 saturated heterocycles. The van der Waals surface area contributed by atoms with Crippen LogP contribution in [0.2, 0.25) is 0 Å². The van der Waals surface area contributed by atoms with Crippen LogP contribution in [0.3, 0.4) is 0 Å². The molecule has 0 radical (unpaired) electrons. The topological polar surface area (TPSA) is 12.0 Å². The van der Waals surface area contributed by atoms with E-state index in [1.54, 1.807) is 4.88 Å². The summed E-state index contributed by atoms with van der Waals surface area (Å²) >= 11 is 5.62. The van der Waals surface area contributed by atoms with Crippen molar-refractivity contribution < 1.29 is 0 Å². The summed E-state index contributed by atoms with van der Waals surface area (Å²) in [5.74, 6) is 3.10. The van der Waals surface area contributed by atoms with Gasteiger partial charge < -0.3 is 5.32 Å². The van der Waals surface area contributed by atoms with Crippen LogP contribution >= 0.6 is 27.3 Å². The summed E-state index contributed by atoms with van der Waals surface area (Å²) in [4.78, 5) is 1.57. The van der Waals surface area contributed by atoms with Gasteiger partial charge in [0.05, 0.1) is 3.79 Å². The Morgan fingerprint density at radius 3 is 2.29 bits per heavy atom. The van der Waals surface area contributed by atoms with E-state index in [2.05, 4.69) is 40.3 Å². The van der Waals surface area contributed by atoms with Crippen molar-refractivity contribution in [2.75, 3.05) is 6.54 Å². The molecule has 1 heterocycles. The smallest absolute Gasteiger partial charge is 0.0701 e. The van der Waals surface area contributed by atoms with Gasteiger partial charge in [-0.2, -0.15) is 0 Å². The highest BCUT2D eigenvalue weighted by atomic mass is 79.9. The predicted molar refractivity (Wildman–Crippen MR) is 93.7 cm³/mol. The minimum atomic E-state index is 0.564. The molecule has 0 aromatic carbocycles. The average Bonchev–Trinajstić information content (AvgIpc) is 2.84. The molecule has 1 N–H and O–H groups in total. The predicted octanol–water partition coefficient (Wildman–Crippen LogP) is 5.77. The van der Waals surface area contributed by atoms with Crippen LogP contribution in [-0.2, 0) is 0 Å². The third-order valence-corrected chi connectivity index (χ3v) is 7.86. The third-order valence-electron chi connectivity index (χ3n) is 6.17. The van der Waals surface area contributed by atoms with Crippen molar-refractivity contribution >= 4 is 27.3 Å². The minimum absolute atomic E-state index is 0.564. The largest absolute Gasteiger partial charge is 0.309 e. The van der Waals surface area contributed by atoms with Crippen molar-refractivity contribution in [3.05, 3.63) is 20.8 Å². The zero-order chi connectivity index (χ0) is 14.4. The van der Waals surface area contributed by atoms with Crippen LogP contribution in [-0.4, -0.2) is 6.54 Å². The first kappa shape index (κ1) is 14.7. The fourth-order valence-corrected chi connectivity index (χ4v) is 7.56. The number of halogens is 1. The van der Waals surface area contributed by atoms with E-state index >= 15 is 0 Å². The fraction of sp³-hybridized carbons (Fsp3) is 0.778. The number of hydrogen-bond acceptors (Lipinski definition) is 2. The molecule has 116 valence electrons. The lowest BCUT2D eigenvalue weighted by molar-refractivity contribution is -0.0741. The molecule has 0 amide bonds. The van der Waals surface area contributed by atoms with E-state index in [1.807, 2.05) is 11.3 Å². The van der Waals surface area contributed by atoms with Crippen LogP contribution in [0.15, 0.2) is 15.9 Å². The Balaban J connectivity index is 1.66. The highest BCUT2D eigenvalue weighted by Gasteiger charge is 2.54. The van der Waals surface area contributed by atoms with Gasteiger partial charge in [-0.1, -0.05) is 6.92 Å². The highest BCUT2D eigenvalue weighted by Crippen LogP contribution is 2.64. The van der Waals surface area contributed by atoms with Crippen molar-refractivity contribution in [3.63, 3.8) is 0 Å². The quantitative estimate of drug-likeness (QED) is 0.696. The minimum Gasteiger partial charge on any atom is -0.309 e. The van der Waals surface area contributed by atoms with Crippen LogP contribution in [0.1, 0.15) is 62.8 Å². The number of hydrogen-bond donors (Lipinski definition) is 1. The molecule has 1 atom stereocenters. The van der Waals surface area contributed by atoms with Crippen LogP contribution < -0.4 is 5.32 Å². The fourth-order valence-electron chi connectivity index (χ4n) is 5.92. The van der Waals surface area contributed by atoms with E-state index in [-0.39, 0.29) is 0 Å². The van der Waals surface area contributed by atoms with Gasteiger partial charge in [0.1, 0.15) is 0 Å². The van der Waals surface area contributed by atoms with Crippen LogP contribution in [0.5, 0.6) is 0 Å². The zero-order valence-electron chi connectivity index (χ0n) is 12.9. The summed E-state index contributed by atoms with van der Waals surface area (Å²) in [5, 5.41) is 3.95. The van der Waals surface area contributed by atoms with Gasteiger partial charge in [0.25, 0.3) is 0 Å². The number of nitrogens with one attached hydrogen (secondary N) is 1. The number of thiophene rings is 1. The second kappa shape index (κ2) is 5.65. The second-order valence-corrected chi connectivity index (χ2v) is 10.3. The van der Waals surface area contributed by atoms with E-state index < -0.39 is 0 Å².